The molecule has 2 N–H and O–H groups in total. The van der Waals surface area contributed by atoms with Gasteiger partial charge in [-0.05, 0) is 24.6 Å². The SMILES string of the molecule is CCCCc1nc(Cl)c(CNc2ccc(F)c(C#N)c2)[nH]1. The summed E-state index contributed by atoms with van der Waals surface area (Å²) in [7, 11) is 0. The molecular weight excluding hydrogens is 291 g/mol. The number of imidazole rings is 1. The smallest absolute Gasteiger partial charge is 0.152 e. The van der Waals surface area contributed by atoms with Crippen molar-refractivity contribution in [2.24, 2.45) is 0 Å². The Hall–Kier alpha value is -2.06. The molecule has 2 aromatic rings. The van der Waals surface area contributed by atoms with Gasteiger partial charge in [0.2, 0.25) is 0 Å². The molecule has 21 heavy (non-hydrogen) atoms. The molecule has 0 bridgehead atoms. The third kappa shape index (κ3) is 3.96. The summed E-state index contributed by atoms with van der Waals surface area (Å²) in [4.78, 5) is 7.45. The number of unbranched alkanes of at least 4 members (excludes halogenated alkanes) is 1. The van der Waals surface area contributed by atoms with Gasteiger partial charge in [-0.15, -0.1) is 0 Å². The lowest BCUT2D eigenvalue weighted by molar-refractivity contribution is 0.624. The molecule has 0 amide bonds. The van der Waals surface area contributed by atoms with E-state index in [0.29, 0.717) is 17.4 Å². The first-order chi connectivity index (χ1) is 10.1. The lowest BCUT2D eigenvalue weighted by atomic mass is 10.2. The number of hydrogen-bond acceptors (Lipinski definition) is 3. The number of nitriles is 1. The van der Waals surface area contributed by atoms with Crippen LogP contribution in [0.25, 0.3) is 0 Å². The van der Waals surface area contributed by atoms with Crippen molar-refractivity contribution in [1.29, 1.82) is 5.26 Å². The molecule has 0 fully saturated rings. The van der Waals surface area contributed by atoms with Crippen LogP contribution in [0.15, 0.2) is 18.2 Å². The summed E-state index contributed by atoms with van der Waals surface area (Å²) in [6.07, 6.45) is 3.02. The molecule has 0 saturated heterocycles. The highest BCUT2D eigenvalue weighted by Gasteiger charge is 2.08. The highest BCUT2D eigenvalue weighted by Crippen LogP contribution is 2.18. The van der Waals surface area contributed by atoms with E-state index in [-0.39, 0.29) is 5.56 Å². The number of benzene rings is 1. The van der Waals surface area contributed by atoms with E-state index in [1.54, 1.807) is 6.07 Å². The van der Waals surface area contributed by atoms with Crippen molar-refractivity contribution in [3.63, 3.8) is 0 Å². The van der Waals surface area contributed by atoms with Gasteiger partial charge in [0.25, 0.3) is 0 Å². The molecule has 1 aromatic heterocycles. The van der Waals surface area contributed by atoms with Crippen molar-refractivity contribution in [3.05, 3.63) is 46.3 Å². The highest BCUT2D eigenvalue weighted by atomic mass is 35.5. The Kier molecular flexibility index (Phi) is 5.18. The molecular formula is C15H16ClFN4. The molecule has 0 aliphatic carbocycles. The summed E-state index contributed by atoms with van der Waals surface area (Å²) in [6.45, 7) is 2.56. The van der Waals surface area contributed by atoms with E-state index >= 15 is 0 Å². The first-order valence-electron chi connectivity index (χ1n) is 6.80. The molecule has 0 aliphatic heterocycles. The third-order valence-electron chi connectivity index (χ3n) is 3.10. The van der Waals surface area contributed by atoms with Crippen molar-refractivity contribution < 1.29 is 4.39 Å². The molecule has 0 aliphatic rings. The molecule has 1 aromatic carbocycles. The minimum absolute atomic E-state index is 0.0133. The number of aromatic nitrogens is 2. The normalized spacial score (nSPS) is 10.4. The number of halogens is 2. The summed E-state index contributed by atoms with van der Waals surface area (Å²) >= 11 is 6.08. The van der Waals surface area contributed by atoms with Crippen LogP contribution in [0.5, 0.6) is 0 Å². The molecule has 4 nitrogen and oxygen atoms in total. The van der Waals surface area contributed by atoms with Crippen LogP contribution in [0.2, 0.25) is 5.15 Å². The van der Waals surface area contributed by atoms with Gasteiger partial charge in [-0.3, -0.25) is 0 Å². The summed E-state index contributed by atoms with van der Waals surface area (Å²) in [6, 6.07) is 6.13. The Morgan fingerprint density at radius 2 is 2.29 bits per heavy atom. The van der Waals surface area contributed by atoms with Crippen LogP contribution in [0.3, 0.4) is 0 Å². The average Bonchev–Trinajstić information content (AvgIpc) is 2.84. The van der Waals surface area contributed by atoms with Crippen molar-refractivity contribution in [2.45, 2.75) is 32.7 Å². The third-order valence-corrected chi connectivity index (χ3v) is 3.41. The summed E-state index contributed by atoms with van der Waals surface area (Å²) < 4.78 is 13.2. The first-order valence-corrected chi connectivity index (χ1v) is 7.18. The van der Waals surface area contributed by atoms with E-state index in [1.807, 2.05) is 6.07 Å². The maximum Gasteiger partial charge on any atom is 0.152 e. The van der Waals surface area contributed by atoms with Crippen LogP contribution in [-0.4, -0.2) is 9.97 Å². The van der Waals surface area contributed by atoms with Gasteiger partial charge in [-0.1, -0.05) is 24.9 Å². The number of anilines is 1. The van der Waals surface area contributed by atoms with Crippen LogP contribution in [0.1, 0.15) is 36.8 Å². The second-order valence-electron chi connectivity index (χ2n) is 4.72. The van der Waals surface area contributed by atoms with E-state index in [4.69, 9.17) is 16.9 Å². The predicted octanol–water partition coefficient (Wildman–Crippen LogP) is 4.03. The Balaban J connectivity index is 2.03. The van der Waals surface area contributed by atoms with E-state index in [0.717, 1.165) is 30.8 Å². The quantitative estimate of drug-likeness (QED) is 0.847. The van der Waals surface area contributed by atoms with Gasteiger partial charge in [0.15, 0.2) is 5.15 Å². The standard InChI is InChI=1S/C15H16ClFN4/c1-2-3-4-14-20-13(15(16)21-14)9-19-11-5-6-12(17)10(7-11)8-18/h5-7,19H,2-4,9H2,1H3,(H,20,21). The fourth-order valence-electron chi connectivity index (χ4n) is 1.93. The van der Waals surface area contributed by atoms with E-state index in [2.05, 4.69) is 22.2 Å². The number of nitrogens with zero attached hydrogens (tertiary/aromatic N) is 2. The minimum Gasteiger partial charge on any atom is -0.379 e. The molecule has 0 spiro atoms. The second-order valence-corrected chi connectivity index (χ2v) is 5.07. The first kappa shape index (κ1) is 15.3. The zero-order chi connectivity index (χ0) is 15.2. The van der Waals surface area contributed by atoms with Crippen LogP contribution in [0.4, 0.5) is 10.1 Å². The number of H-pyrrole nitrogens is 1. The van der Waals surface area contributed by atoms with Gasteiger partial charge < -0.3 is 10.3 Å². The maximum absolute atomic E-state index is 13.2. The number of rotatable bonds is 6. The molecule has 0 radical (unpaired) electrons. The van der Waals surface area contributed by atoms with Gasteiger partial charge in [-0.2, -0.15) is 5.26 Å². The number of nitrogens with one attached hydrogen (secondary N) is 2. The van der Waals surface area contributed by atoms with E-state index < -0.39 is 5.82 Å². The molecule has 110 valence electrons. The molecule has 0 unspecified atom stereocenters. The number of hydrogen-bond donors (Lipinski definition) is 2. The monoisotopic (exact) mass is 306 g/mol. The number of aromatic amines is 1. The van der Waals surface area contributed by atoms with Crippen LogP contribution < -0.4 is 5.32 Å². The molecule has 6 heteroatoms. The van der Waals surface area contributed by atoms with Crippen molar-refractivity contribution >= 4 is 17.3 Å². The average molecular weight is 307 g/mol. The van der Waals surface area contributed by atoms with Crippen LogP contribution in [0, 0.1) is 17.1 Å². The summed E-state index contributed by atoms with van der Waals surface area (Å²) in [5.74, 6) is 0.347. The lowest BCUT2D eigenvalue weighted by Gasteiger charge is -2.06. The Morgan fingerprint density at radius 3 is 3.00 bits per heavy atom. The van der Waals surface area contributed by atoms with Crippen LogP contribution in [-0.2, 0) is 13.0 Å². The van der Waals surface area contributed by atoms with Gasteiger partial charge in [0.1, 0.15) is 17.7 Å². The van der Waals surface area contributed by atoms with Gasteiger partial charge >= 0.3 is 0 Å². The summed E-state index contributed by atoms with van der Waals surface area (Å²) in [5, 5.41) is 12.3. The Morgan fingerprint density at radius 1 is 1.48 bits per heavy atom. The predicted molar refractivity (Wildman–Crippen MR) is 80.7 cm³/mol. The zero-order valence-corrected chi connectivity index (χ0v) is 12.5. The van der Waals surface area contributed by atoms with E-state index in [1.165, 1.54) is 12.1 Å². The second kappa shape index (κ2) is 7.09. The van der Waals surface area contributed by atoms with Gasteiger partial charge in [-0.25, -0.2) is 9.37 Å². The largest absolute Gasteiger partial charge is 0.379 e. The fourth-order valence-corrected chi connectivity index (χ4v) is 2.15. The fraction of sp³-hybridized carbons (Fsp3) is 0.333. The number of aryl methyl sites for hydroxylation is 1. The van der Waals surface area contributed by atoms with Crippen molar-refractivity contribution in [1.82, 2.24) is 9.97 Å². The topological polar surface area (TPSA) is 64.5 Å². The molecule has 2 rings (SSSR count). The molecule has 0 saturated carbocycles. The lowest BCUT2D eigenvalue weighted by Crippen LogP contribution is -2.01. The van der Waals surface area contributed by atoms with Crippen molar-refractivity contribution in [3.8, 4) is 6.07 Å². The highest BCUT2D eigenvalue weighted by molar-refractivity contribution is 6.30. The van der Waals surface area contributed by atoms with Crippen molar-refractivity contribution in [2.75, 3.05) is 5.32 Å². The van der Waals surface area contributed by atoms with Gasteiger partial charge in [0, 0.05) is 12.1 Å². The molecule has 0 atom stereocenters. The Labute approximate surface area is 128 Å². The minimum atomic E-state index is -0.524. The van der Waals surface area contributed by atoms with Crippen LogP contribution >= 0.6 is 11.6 Å². The molecule has 1 heterocycles. The van der Waals surface area contributed by atoms with E-state index in [9.17, 15) is 4.39 Å². The summed E-state index contributed by atoms with van der Waals surface area (Å²) in [5.41, 5.74) is 1.46. The Bertz CT molecular complexity index is 660. The maximum atomic E-state index is 13.2. The van der Waals surface area contributed by atoms with Gasteiger partial charge in [0.05, 0.1) is 17.8 Å². The zero-order valence-electron chi connectivity index (χ0n) is 11.7.